The summed E-state index contributed by atoms with van der Waals surface area (Å²) in [5, 5.41) is 12.0. The van der Waals surface area contributed by atoms with Crippen molar-refractivity contribution in [2.45, 2.75) is 13.0 Å². The molecule has 1 atom stereocenters. The average molecular weight is 180 g/mol. The molecule has 0 spiro atoms. The lowest BCUT2D eigenvalue weighted by Crippen LogP contribution is -2.20. The number of nitrogens with one attached hydrogen (secondary N) is 1. The quantitative estimate of drug-likeness (QED) is 0.604. The van der Waals surface area contributed by atoms with Gasteiger partial charge in [0.05, 0.1) is 12.6 Å². The van der Waals surface area contributed by atoms with Crippen molar-refractivity contribution in [2.75, 3.05) is 19.4 Å². The molecule has 13 heavy (non-hydrogen) atoms. The highest BCUT2D eigenvalue weighted by molar-refractivity contribution is 5.49. The highest BCUT2D eigenvalue weighted by Crippen LogP contribution is 2.18. The van der Waals surface area contributed by atoms with Crippen LogP contribution in [0.15, 0.2) is 18.2 Å². The minimum absolute atomic E-state index is 0.0251. The number of aliphatic hydroxyl groups excluding tert-OH is 1. The third-order valence-electron chi connectivity index (χ3n) is 2.24. The van der Waals surface area contributed by atoms with Gasteiger partial charge in [-0.1, -0.05) is 12.1 Å². The molecule has 0 amide bonds. The summed E-state index contributed by atoms with van der Waals surface area (Å²) in [4.78, 5) is 0. The highest BCUT2D eigenvalue weighted by Gasteiger charge is 2.07. The highest BCUT2D eigenvalue weighted by atomic mass is 16.3. The molecule has 0 aliphatic rings. The first-order chi connectivity index (χ1) is 6.19. The van der Waals surface area contributed by atoms with Crippen LogP contribution in [0.2, 0.25) is 0 Å². The van der Waals surface area contributed by atoms with Gasteiger partial charge in [0.1, 0.15) is 0 Å². The van der Waals surface area contributed by atoms with Crippen LogP contribution in [0.3, 0.4) is 0 Å². The molecule has 0 radical (unpaired) electrons. The van der Waals surface area contributed by atoms with Gasteiger partial charge in [0, 0.05) is 5.69 Å². The standard InChI is InChI=1S/C10H16N2O/c1-7-3-4-8(5-9(7)11)10(6-13)12-2/h3-5,10,12-13H,6,11H2,1-2H3/t10-/m0/s1. The first kappa shape index (κ1) is 10.0. The van der Waals surface area contributed by atoms with E-state index < -0.39 is 0 Å². The number of anilines is 1. The molecule has 3 nitrogen and oxygen atoms in total. The smallest absolute Gasteiger partial charge is 0.0626 e. The molecule has 0 aliphatic carbocycles. The van der Waals surface area contributed by atoms with Gasteiger partial charge in [-0.3, -0.25) is 0 Å². The SMILES string of the molecule is CN[C@@H](CO)c1ccc(C)c(N)c1. The fraction of sp³-hybridized carbons (Fsp3) is 0.400. The first-order valence-corrected chi connectivity index (χ1v) is 4.33. The molecular formula is C10H16N2O. The summed E-state index contributed by atoms with van der Waals surface area (Å²) >= 11 is 0. The second-order valence-corrected chi connectivity index (χ2v) is 3.14. The summed E-state index contributed by atoms with van der Waals surface area (Å²) in [5.74, 6) is 0. The summed E-state index contributed by atoms with van der Waals surface area (Å²) in [7, 11) is 1.82. The van der Waals surface area contributed by atoms with E-state index in [0.29, 0.717) is 0 Å². The van der Waals surface area contributed by atoms with Crippen molar-refractivity contribution in [3.63, 3.8) is 0 Å². The van der Waals surface area contributed by atoms with Gasteiger partial charge in [-0.2, -0.15) is 0 Å². The van der Waals surface area contributed by atoms with Crippen molar-refractivity contribution >= 4 is 5.69 Å². The Hall–Kier alpha value is -1.06. The molecule has 0 bridgehead atoms. The molecule has 3 heteroatoms. The molecule has 1 rings (SSSR count). The normalized spacial score (nSPS) is 12.8. The van der Waals surface area contributed by atoms with Gasteiger partial charge in [-0.05, 0) is 31.2 Å². The fourth-order valence-electron chi connectivity index (χ4n) is 1.24. The Morgan fingerprint density at radius 3 is 2.69 bits per heavy atom. The molecule has 1 aromatic carbocycles. The molecule has 1 aromatic rings. The zero-order valence-corrected chi connectivity index (χ0v) is 8.04. The first-order valence-electron chi connectivity index (χ1n) is 4.33. The summed E-state index contributed by atoms with van der Waals surface area (Å²) in [6, 6.07) is 5.81. The van der Waals surface area contributed by atoms with E-state index in [-0.39, 0.29) is 12.6 Å². The Bertz CT molecular complexity index is 282. The van der Waals surface area contributed by atoms with Crippen molar-refractivity contribution in [3.8, 4) is 0 Å². The van der Waals surface area contributed by atoms with Gasteiger partial charge in [-0.25, -0.2) is 0 Å². The van der Waals surface area contributed by atoms with Crippen molar-refractivity contribution in [1.29, 1.82) is 0 Å². The summed E-state index contributed by atoms with van der Waals surface area (Å²) in [5.41, 5.74) is 8.62. The lowest BCUT2D eigenvalue weighted by Gasteiger charge is -2.14. The summed E-state index contributed by atoms with van der Waals surface area (Å²) in [6.07, 6.45) is 0. The van der Waals surface area contributed by atoms with E-state index in [4.69, 9.17) is 10.8 Å². The number of benzene rings is 1. The molecular weight excluding hydrogens is 164 g/mol. The van der Waals surface area contributed by atoms with Crippen LogP contribution in [0.25, 0.3) is 0 Å². The van der Waals surface area contributed by atoms with Crippen LogP contribution in [0.4, 0.5) is 5.69 Å². The van der Waals surface area contributed by atoms with Gasteiger partial charge >= 0.3 is 0 Å². The fourth-order valence-corrected chi connectivity index (χ4v) is 1.24. The summed E-state index contributed by atoms with van der Waals surface area (Å²) in [6.45, 7) is 2.05. The summed E-state index contributed by atoms with van der Waals surface area (Å²) < 4.78 is 0. The predicted molar refractivity (Wildman–Crippen MR) is 54.5 cm³/mol. The third-order valence-corrected chi connectivity index (χ3v) is 2.24. The number of hydrogen-bond acceptors (Lipinski definition) is 3. The van der Waals surface area contributed by atoms with Crippen molar-refractivity contribution in [2.24, 2.45) is 0 Å². The van der Waals surface area contributed by atoms with Gasteiger partial charge < -0.3 is 16.2 Å². The zero-order chi connectivity index (χ0) is 9.84. The monoisotopic (exact) mass is 180 g/mol. The van der Waals surface area contributed by atoms with Crippen molar-refractivity contribution in [1.82, 2.24) is 5.32 Å². The zero-order valence-electron chi connectivity index (χ0n) is 8.04. The Labute approximate surface area is 78.6 Å². The molecule has 0 heterocycles. The van der Waals surface area contributed by atoms with E-state index in [9.17, 15) is 0 Å². The third kappa shape index (κ3) is 2.20. The molecule has 0 fully saturated rings. The van der Waals surface area contributed by atoms with Crippen LogP contribution < -0.4 is 11.1 Å². The van der Waals surface area contributed by atoms with E-state index >= 15 is 0 Å². The van der Waals surface area contributed by atoms with E-state index in [1.807, 2.05) is 32.2 Å². The van der Waals surface area contributed by atoms with E-state index in [2.05, 4.69) is 5.32 Å². The molecule has 4 N–H and O–H groups in total. The van der Waals surface area contributed by atoms with E-state index in [1.165, 1.54) is 0 Å². The maximum atomic E-state index is 9.04. The number of rotatable bonds is 3. The topological polar surface area (TPSA) is 58.3 Å². The van der Waals surface area contributed by atoms with Gasteiger partial charge in [0.2, 0.25) is 0 Å². The Morgan fingerprint density at radius 2 is 2.23 bits per heavy atom. The predicted octanol–water partition coefficient (Wildman–Crippen LogP) is 0.830. The van der Waals surface area contributed by atoms with Gasteiger partial charge in [-0.15, -0.1) is 0 Å². The lowest BCUT2D eigenvalue weighted by atomic mass is 10.0. The van der Waals surface area contributed by atoms with E-state index in [0.717, 1.165) is 16.8 Å². The van der Waals surface area contributed by atoms with Crippen LogP contribution in [-0.2, 0) is 0 Å². The van der Waals surface area contributed by atoms with Crippen LogP contribution >= 0.6 is 0 Å². The Morgan fingerprint density at radius 1 is 1.54 bits per heavy atom. The minimum Gasteiger partial charge on any atom is -0.399 e. The van der Waals surface area contributed by atoms with Gasteiger partial charge in [0.25, 0.3) is 0 Å². The Kier molecular flexibility index (Phi) is 3.28. The minimum atomic E-state index is -0.0251. The van der Waals surface area contributed by atoms with E-state index in [1.54, 1.807) is 0 Å². The van der Waals surface area contributed by atoms with Crippen LogP contribution in [-0.4, -0.2) is 18.8 Å². The molecule has 0 aliphatic heterocycles. The second kappa shape index (κ2) is 4.25. The Balaban J connectivity index is 2.95. The number of aryl methyl sites for hydroxylation is 1. The number of likely N-dealkylation sites (N-methyl/N-ethyl adjacent to an activating group) is 1. The van der Waals surface area contributed by atoms with Crippen LogP contribution in [0.5, 0.6) is 0 Å². The number of nitrogens with two attached hydrogens (primary N) is 1. The molecule has 0 aromatic heterocycles. The maximum Gasteiger partial charge on any atom is 0.0626 e. The molecule has 0 unspecified atom stereocenters. The average Bonchev–Trinajstić information content (AvgIpc) is 2.13. The molecule has 72 valence electrons. The number of hydrogen-bond donors (Lipinski definition) is 3. The maximum absolute atomic E-state index is 9.04. The van der Waals surface area contributed by atoms with Crippen LogP contribution in [0.1, 0.15) is 17.2 Å². The van der Waals surface area contributed by atoms with Crippen molar-refractivity contribution in [3.05, 3.63) is 29.3 Å². The van der Waals surface area contributed by atoms with Crippen LogP contribution in [0, 0.1) is 6.92 Å². The number of aliphatic hydroxyl groups is 1. The lowest BCUT2D eigenvalue weighted by molar-refractivity contribution is 0.251. The second-order valence-electron chi connectivity index (χ2n) is 3.14. The number of nitrogen functional groups attached to an aromatic ring is 1. The van der Waals surface area contributed by atoms with Crippen molar-refractivity contribution < 1.29 is 5.11 Å². The molecule has 0 saturated heterocycles. The molecule has 0 saturated carbocycles. The largest absolute Gasteiger partial charge is 0.399 e. The van der Waals surface area contributed by atoms with Gasteiger partial charge in [0.15, 0.2) is 0 Å².